The second-order valence-electron chi connectivity index (χ2n) is 5.77. The van der Waals surface area contributed by atoms with E-state index in [1.807, 2.05) is 0 Å². The van der Waals surface area contributed by atoms with Gasteiger partial charge in [0, 0.05) is 19.8 Å². The van der Waals surface area contributed by atoms with E-state index in [0.717, 1.165) is 13.1 Å². The highest BCUT2D eigenvalue weighted by Gasteiger charge is 2.36. The molecule has 0 saturated carbocycles. The van der Waals surface area contributed by atoms with Crippen LogP contribution in [0.3, 0.4) is 0 Å². The SMILES string of the molecule is CCN(CC)C(CNC(=O)C1(N)CCOCC1)c1ccsc1. The highest BCUT2D eigenvalue weighted by molar-refractivity contribution is 7.07. The van der Waals surface area contributed by atoms with Gasteiger partial charge in [-0.05, 0) is 48.3 Å². The molecule has 1 fully saturated rings. The fourth-order valence-electron chi connectivity index (χ4n) is 2.91. The molecule has 1 aromatic rings. The molecule has 0 spiro atoms. The van der Waals surface area contributed by atoms with Gasteiger partial charge in [-0.3, -0.25) is 9.69 Å². The van der Waals surface area contributed by atoms with Gasteiger partial charge in [-0.25, -0.2) is 0 Å². The third kappa shape index (κ3) is 4.07. The van der Waals surface area contributed by atoms with Crippen LogP contribution in [0.2, 0.25) is 0 Å². The van der Waals surface area contributed by atoms with Gasteiger partial charge in [-0.2, -0.15) is 11.3 Å². The lowest BCUT2D eigenvalue weighted by atomic mass is 9.90. The molecule has 1 aliphatic heterocycles. The summed E-state index contributed by atoms with van der Waals surface area (Å²) in [5.74, 6) is -0.0526. The molecule has 0 bridgehead atoms. The first-order valence-electron chi connectivity index (χ1n) is 8.01. The van der Waals surface area contributed by atoms with Crippen molar-refractivity contribution in [2.75, 3.05) is 32.8 Å². The maximum Gasteiger partial charge on any atom is 0.240 e. The molecular formula is C16H27N3O2S. The number of thiophene rings is 1. The fourth-order valence-corrected chi connectivity index (χ4v) is 3.62. The first kappa shape index (κ1) is 17.4. The summed E-state index contributed by atoms with van der Waals surface area (Å²) < 4.78 is 5.31. The minimum atomic E-state index is -0.777. The van der Waals surface area contributed by atoms with Crippen LogP contribution in [-0.4, -0.2) is 49.2 Å². The number of carbonyl (C=O) groups excluding carboxylic acids is 1. The number of hydrogen-bond donors (Lipinski definition) is 2. The molecule has 1 aliphatic rings. The van der Waals surface area contributed by atoms with E-state index >= 15 is 0 Å². The predicted octanol–water partition coefficient (Wildman–Crippen LogP) is 1.76. The monoisotopic (exact) mass is 325 g/mol. The van der Waals surface area contributed by atoms with E-state index in [4.69, 9.17) is 10.5 Å². The lowest BCUT2D eigenvalue weighted by Crippen LogP contribution is -2.57. The lowest BCUT2D eigenvalue weighted by molar-refractivity contribution is -0.130. The molecule has 0 aliphatic carbocycles. The predicted molar refractivity (Wildman–Crippen MR) is 90.0 cm³/mol. The number of nitrogens with one attached hydrogen (secondary N) is 1. The average molecular weight is 325 g/mol. The number of likely N-dealkylation sites (N-methyl/N-ethyl adjacent to an activating group) is 1. The van der Waals surface area contributed by atoms with Gasteiger partial charge in [0.15, 0.2) is 0 Å². The summed E-state index contributed by atoms with van der Waals surface area (Å²) in [5.41, 5.74) is 6.72. The summed E-state index contributed by atoms with van der Waals surface area (Å²) in [5, 5.41) is 7.31. The van der Waals surface area contributed by atoms with Crippen molar-refractivity contribution in [3.05, 3.63) is 22.4 Å². The van der Waals surface area contributed by atoms with E-state index < -0.39 is 5.54 Å². The zero-order chi connectivity index (χ0) is 16.0. The third-order valence-corrected chi connectivity index (χ3v) is 5.18. The molecule has 2 rings (SSSR count). The maximum absolute atomic E-state index is 12.5. The zero-order valence-corrected chi connectivity index (χ0v) is 14.3. The van der Waals surface area contributed by atoms with Crippen LogP contribution in [0, 0.1) is 0 Å². The van der Waals surface area contributed by atoms with Crippen LogP contribution in [0.4, 0.5) is 0 Å². The summed E-state index contributed by atoms with van der Waals surface area (Å²) >= 11 is 1.69. The topological polar surface area (TPSA) is 67.6 Å². The lowest BCUT2D eigenvalue weighted by Gasteiger charge is -2.34. The molecule has 124 valence electrons. The van der Waals surface area contributed by atoms with Crippen LogP contribution in [0.15, 0.2) is 16.8 Å². The molecule has 1 atom stereocenters. The molecule has 1 aromatic heterocycles. The van der Waals surface area contributed by atoms with Crippen LogP contribution >= 0.6 is 11.3 Å². The van der Waals surface area contributed by atoms with Gasteiger partial charge >= 0.3 is 0 Å². The Labute approximate surface area is 136 Å². The van der Waals surface area contributed by atoms with Crippen molar-refractivity contribution >= 4 is 17.2 Å². The van der Waals surface area contributed by atoms with E-state index in [0.29, 0.717) is 32.6 Å². The summed E-state index contributed by atoms with van der Waals surface area (Å²) in [4.78, 5) is 14.8. The number of nitrogens with zero attached hydrogens (tertiary/aromatic N) is 1. The molecule has 0 aromatic carbocycles. The third-order valence-electron chi connectivity index (χ3n) is 4.47. The van der Waals surface area contributed by atoms with E-state index in [2.05, 4.69) is 40.9 Å². The molecule has 1 unspecified atom stereocenters. The Morgan fingerprint density at radius 1 is 1.45 bits per heavy atom. The summed E-state index contributed by atoms with van der Waals surface area (Å²) in [6.07, 6.45) is 1.18. The Kier molecular flexibility index (Phi) is 6.37. The number of ether oxygens (including phenoxy) is 1. The van der Waals surface area contributed by atoms with Crippen molar-refractivity contribution in [1.29, 1.82) is 0 Å². The van der Waals surface area contributed by atoms with Gasteiger partial charge in [0.1, 0.15) is 0 Å². The van der Waals surface area contributed by atoms with Gasteiger partial charge in [0.2, 0.25) is 5.91 Å². The van der Waals surface area contributed by atoms with Crippen molar-refractivity contribution in [3.63, 3.8) is 0 Å². The number of carbonyl (C=O) groups is 1. The Bertz CT molecular complexity index is 454. The number of amides is 1. The van der Waals surface area contributed by atoms with Crippen LogP contribution in [0.1, 0.15) is 38.3 Å². The van der Waals surface area contributed by atoms with E-state index in [1.165, 1.54) is 5.56 Å². The van der Waals surface area contributed by atoms with E-state index in [1.54, 1.807) is 11.3 Å². The average Bonchev–Trinajstić information content (AvgIpc) is 3.06. The van der Waals surface area contributed by atoms with Crippen molar-refractivity contribution in [1.82, 2.24) is 10.2 Å². The highest BCUT2D eigenvalue weighted by Crippen LogP contribution is 2.23. The second-order valence-corrected chi connectivity index (χ2v) is 6.55. The Morgan fingerprint density at radius 2 is 2.14 bits per heavy atom. The minimum absolute atomic E-state index is 0.0526. The number of nitrogens with two attached hydrogens (primary N) is 1. The van der Waals surface area contributed by atoms with Gasteiger partial charge in [0.25, 0.3) is 0 Å². The molecule has 3 N–H and O–H groups in total. The first-order chi connectivity index (χ1) is 10.6. The van der Waals surface area contributed by atoms with Crippen molar-refractivity contribution in [3.8, 4) is 0 Å². The molecule has 1 amide bonds. The zero-order valence-electron chi connectivity index (χ0n) is 13.5. The van der Waals surface area contributed by atoms with Crippen LogP contribution in [-0.2, 0) is 9.53 Å². The normalized spacial score (nSPS) is 19.1. The van der Waals surface area contributed by atoms with Gasteiger partial charge in [0.05, 0.1) is 11.6 Å². The van der Waals surface area contributed by atoms with E-state index in [9.17, 15) is 4.79 Å². The largest absolute Gasteiger partial charge is 0.381 e. The van der Waals surface area contributed by atoms with Crippen molar-refractivity contribution < 1.29 is 9.53 Å². The molecule has 1 saturated heterocycles. The Hall–Kier alpha value is -0.950. The summed E-state index contributed by atoms with van der Waals surface area (Å²) in [7, 11) is 0. The fraction of sp³-hybridized carbons (Fsp3) is 0.688. The maximum atomic E-state index is 12.5. The summed E-state index contributed by atoms with van der Waals surface area (Å²) in [6, 6.07) is 2.33. The first-order valence-corrected chi connectivity index (χ1v) is 8.96. The standard InChI is InChI=1S/C16H27N3O2S/c1-3-19(4-2)14(13-5-10-22-12-13)11-18-15(20)16(17)6-8-21-9-7-16/h5,10,12,14H,3-4,6-9,11,17H2,1-2H3,(H,18,20). The number of rotatable bonds is 7. The molecular weight excluding hydrogens is 298 g/mol. The van der Waals surface area contributed by atoms with Crippen molar-refractivity contribution in [2.24, 2.45) is 5.73 Å². The van der Waals surface area contributed by atoms with Crippen LogP contribution < -0.4 is 11.1 Å². The Morgan fingerprint density at radius 3 is 2.68 bits per heavy atom. The molecule has 22 heavy (non-hydrogen) atoms. The van der Waals surface area contributed by atoms with Gasteiger partial charge < -0.3 is 15.8 Å². The molecule has 5 nitrogen and oxygen atoms in total. The second kappa shape index (κ2) is 8.06. The quantitative estimate of drug-likeness (QED) is 0.801. The van der Waals surface area contributed by atoms with Gasteiger partial charge in [-0.1, -0.05) is 13.8 Å². The van der Waals surface area contributed by atoms with Crippen molar-refractivity contribution in [2.45, 2.75) is 38.3 Å². The van der Waals surface area contributed by atoms with Crippen LogP contribution in [0.25, 0.3) is 0 Å². The Balaban J connectivity index is 2.00. The van der Waals surface area contributed by atoms with E-state index in [-0.39, 0.29) is 11.9 Å². The molecule has 2 heterocycles. The highest BCUT2D eigenvalue weighted by atomic mass is 32.1. The summed E-state index contributed by atoms with van der Waals surface area (Å²) in [6.45, 7) is 7.92. The molecule has 6 heteroatoms. The number of hydrogen-bond acceptors (Lipinski definition) is 5. The van der Waals surface area contributed by atoms with Gasteiger partial charge in [-0.15, -0.1) is 0 Å². The van der Waals surface area contributed by atoms with Crippen LogP contribution in [0.5, 0.6) is 0 Å². The minimum Gasteiger partial charge on any atom is -0.381 e. The smallest absolute Gasteiger partial charge is 0.240 e. The molecule has 0 radical (unpaired) electrons.